The molecule has 0 heterocycles. The van der Waals surface area contributed by atoms with Gasteiger partial charge in [-0.05, 0) is 38.5 Å². The molecule has 4 atom stereocenters. The molecule has 0 saturated carbocycles. The van der Waals surface area contributed by atoms with Crippen molar-refractivity contribution in [3.05, 3.63) is 0 Å². The standard InChI is InChI=1S/C21H32F6O7/c1-13(28)33-17(9-5-7-15(31-3)11-20(22,23)24)19(30)18(34-14(2)29)10-6-8-16(32-4)12-21(25,26)27/h15-18H,5-12H2,1-4H3/t15?,16?,17-,18-/m0/s1. The molecule has 7 nitrogen and oxygen atoms in total. The molecule has 0 amide bonds. The van der Waals surface area contributed by atoms with Gasteiger partial charge in [-0.2, -0.15) is 26.3 Å². The fourth-order valence-electron chi connectivity index (χ4n) is 3.31. The number of carbonyl (C=O) groups is 3. The van der Waals surface area contributed by atoms with E-state index in [2.05, 4.69) is 0 Å². The second-order valence-corrected chi connectivity index (χ2v) is 7.81. The lowest BCUT2D eigenvalue weighted by atomic mass is 9.97. The Hall–Kier alpha value is -1.89. The fourth-order valence-corrected chi connectivity index (χ4v) is 3.31. The molecule has 0 aliphatic rings. The van der Waals surface area contributed by atoms with Gasteiger partial charge in [-0.15, -0.1) is 0 Å². The van der Waals surface area contributed by atoms with Gasteiger partial charge in [0.2, 0.25) is 5.78 Å². The maximum absolute atomic E-state index is 12.9. The summed E-state index contributed by atoms with van der Waals surface area (Å²) in [5, 5.41) is 0. The van der Waals surface area contributed by atoms with Gasteiger partial charge in [0, 0.05) is 28.1 Å². The maximum atomic E-state index is 12.9. The molecule has 0 spiro atoms. The average Bonchev–Trinajstić information content (AvgIpc) is 2.67. The lowest BCUT2D eigenvalue weighted by Crippen LogP contribution is -2.38. The molecule has 0 saturated heterocycles. The number of ether oxygens (including phenoxy) is 4. The van der Waals surface area contributed by atoms with Crippen molar-refractivity contribution in [2.24, 2.45) is 0 Å². The first-order valence-corrected chi connectivity index (χ1v) is 10.6. The van der Waals surface area contributed by atoms with E-state index in [9.17, 15) is 40.7 Å². The van der Waals surface area contributed by atoms with Crippen molar-refractivity contribution in [1.82, 2.24) is 0 Å². The highest BCUT2D eigenvalue weighted by Gasteiger charge is 2.35. The highest BCUT2D eigenvalue weighted by Crippen LogP contribution is 2.27. The summed E-state index contributed by atoms with van der Waals surface area (Å²) >= 11 is 0. The number of carbonyl (C=O) groups excluding carboxylic acids is 3. The molecule has 0 N–H and O–H groups in total. The zero-order chi connectivity index (χ0) is 26.5. The minimum absolute atomic E-state index is 0.0302. The Morgan fingerprint density at radius 1 is 0.647 bits per heavy atom. The van der Waals surface area contributed by atoms with Crippen LogP contribution >= 0.6 is 0 Å². The third-order valence-corrected chi connectivity index (χ3v) is 4.82. The number of esters is 2. The van der Waals surface area contributed by atoms with Crippen molar-refractivity contribution < 1.29 is 59.7 Å². The maximum Gasteiger partial charge on any atom is 0.391 e. The molecule has 0 aromatic carbocycles. The summed E-state index contributed by atoms with van der Waals surface area (Å²) in [6, 6.07) is 0. The van der Waals surface area contributed by atoms with Crippen LogP contribution < -0.4 is 0 Å². The summed E-state index contributed by atoms with van der Waals surface area (Å²) in [7, 11) is 2.24. The number of methoxy groups -OCH3 is 2. The van der Waals surface area contributed by atoms with E-state index in [0.717, 1.165) is 28.1 Å². The van der Waals surface area contributed by atoms with Gasteiger partial charge >= 0.3 is 24.3 Å². The number of hydrogen-bond donors (Lipinski definition) is 0. The van der Waals surface area contributed by atoms with Gasteiger partial charge in [-0.3, -0.25) is 14.4 Å². The van der Waals surface area contributed by atoms with Crippen LogP contribution in [0.3, 0.4) is 0 Å². The van der Waals surface area contributed by atoms with Crippen LogP contribution in [0.2, 0.25) is 0 Å². The molecule has 0 aromatic rings. The first kappa shape index (κ1) is 32.1. The van der Waals surface area contributed by atoms with Crippen molar-refractivity contribution in [3.8, 4) is 0 Å². The largest absolute Gasteiger partial charge is 0.454 e. The number of alkyl halides is 6. The number of rotatable bonds is 16. The average molecular weight is 510 g/mol. The zero-order valence-corrected chi connectivity index (χ0v) is 19.6. The van der Waals surface area contributed by atoms with E-state index in [1.54, 1.807) is 0 Å². The summed E-state index contributed by atoms with van der Waals surface area (Å²) in [6.07, 6.45) is -16.8. The van der Waals surface area contributed by atoms with Gasteiger partial charge in [0.05, 0.1) is 25.0 Å². The van der Waals surface area contributed by atoms with Crippen molar-refractivity contribution in [1.29, 1.82) is 0 Å². The SMILES string of the molecule is COC(CCC[C@H](OC(C)=O)C(=O)[C@H](CCCC(CC(F)(F)F)OC)OC(C)=O)CC(F)(F)F. The van der Waals surface area contributed by atoms with Gasteiger partial charge < -0.3 is 18.9 Å². The van der Waals surface area contributed by atoms with Gasteiger partial charge in [0.1, 0.15) is 0 Å². The Balaban J connectivity index is 5.16. The van der Waals surface area contributed by atoms with Crippen LogP contribution in [0.4, 0.5) is 26.3 Å². The van der Waals surface area contributed by atoms with Crippen LogP contribution in [-0.2, 0) is 33.3 Å². The molecule has 0 bridgehead atoms. The molecule has 0 fully saturated rings. The second kappa shape index (κ2) is 15.2. The minimum Gasteiger partial charge on any atom is -0.454 e. The van der Waals surface area contributed by atoms with E-state index >= 15 is 0 Å². The lowest BCUT2D eigenvalue weighted by molar-refractivity contribution is -0.164. The number of hydrogen-bond acceptors (Lipinski definition) is 7. The first-order chi connectivity index (χ1) is 15.6. The Bertz CT molecular complexity index is 584. The van der Waals surface area contributed by atoms with Crippen molar-refractivity contribution in [2.45, 2.75) is 102 Å². The van der Waals surface area contributed by atoms with Gasteiger partial charge in [-0.1, -0.05) is 0 Å². The number of halogens is 6. The Morgan fingerprint density at radius 3 is 1.21 bits per heavy atom. The highest BCUT2D eigenvalue weighted by atomic mass is 19.4. The summed E-state index contributed by atoms with van der Waals surface area (Å²) in [5.74, 6) is -2.47. The molecule has 200 valence electrons. The monoisotopic (exact) mass is 510 g/mol. The molecule has 0 aliphatic heterocycles. The van der Waals surface area contributed by atoms with E-state index < -0.39 is 67.3 Å². The van der Waals surface area contributed by atoms with Gasteiger partial charge in [0.25, 0.3) is 0 Å². The minimum atomic E-state index is -4.45. The van der Waals surface area contributed by atoms with E-state index in [-0.39, 0.29) is 38.5 Å². The van der Waals surface area contributed by atoms with Gasteiger partial charge in [0.15, 0.2) is 12.2 Å². The van der Waals surface area contributed by atoms with Crippen LogP contribution in [0.15, 0.2) is 0 Å². The Labute approximate surface area is 194 Å². The fraction of sp³-hybridized carbons (Fsp3) is 0.857. The van der Waals surface area contributed by atoms with Crippen LogP contribution in [0.5, 0.6) is 0 Å². The molecule has 0 rings (SSSR count). The number of Topliss-reactive ketones (excluding diaryl/α,β-unsaturated/α-hetero) is 1. The van der Waals surface area contributed by atoms with E-state index in [0.29, 0.717) is 0 Å². The van der Waals surface area contributed by atoms with E-state index in [4.69, 9.17) is 18.9 Å². The van der Waals surface area contributed by atoms with Gasteiger partial charge in [-0.25, -0.2) is 0 Å². The van der Waals surface area contributed by atoms with Crippen LogP contribution in [0.1, 0.15) is 65.2 Å². The third kappa shape index (κ3) is 15.9. The quantitative estimate of drug-likeness (QED) is 0.220. The molecular weight excluding hydrogens is 478 g/mol. The molecule has 34 heavy (non-hydrogen) atoms. The van der Waals surface area contributed by atoms with Crippen LogP contribution in [-0.4, -0.2) is 68.7 Å². The van der Waals surface area contributed by atoms with E-state index in [1.807, 2.05) is 0 Å². The molecule has 0 aromatic heterocycles. The normalized spacial score (nSPS) is 15.8. The lowest BCUT2D eigenvalue weighted by Gasteiger charge is -2.24. The van der Waals surface area contributed by atoms with Crippen molar-refractivity contribution in [2.75, 3.05) is 14.2 Å². The molecule has 2 unspecified atom stereocenters. The van der Waals surface area contributed by atoms with Crippen LogP contribution in [0.25, 0.3) is 0 Å². The smallest absolute Gasteiger partial charge is 0.391 e. The second-order valence-electron chi connectivity index (χ2n) is 7.81. The third-order valence-electron chi connectivity index (χ3n) is 4.82. The highest BCUT2D eigenvalue weighted by molar-refractivity contribution is 5.90. The number of ketones is 1. The molecular formula is C21H32F6O7. The summed E-state index contributed by atoms with van der Waals surface area (Å²) in [4.78, 5) is 35.8. The summed E-state index contributed by atoms with van der Waals surface area (Å²) < 4.78 is 95.0. The molecule has 13 heteroatoms. The molecule has 0 radical (unpaired) electrons. The molecule has 0 aliphatic carbocycles. The summed E-state index contributed by atoms with van der Waals surface area (Å²) in [5.41, 5.74) is 0. The van der Waals surface area contributed by atoms with E-state index in [1.165, 1.54) is 0 Å². The topological polar surface area (TPSA) is 88.1 Å². The van der Waals surface area contributed by atoms with Crippen LogP contribution in [0, 0.1) is 0 Å². The predicted octanol–water partition coefficient (Wildman–Crippen LogP) is 4.69. The zero-order valence-electron chi connectivity index (χ0n) is 19.6. The first-order valence-electron chi connectivity index (χ1n) is 10.6. The summed E-state index contributed by atoms with van der Waals surface area (Å²) in [6.45, 7) is 2.06. The van der Waals surface area contributed by atoms with Crippen molar-refractivity contribution in [3.63, 3.8) is 0 Å². The Kier molecular flexibility index (Phi) is 14.3. The Morgan fingerprint density at radius 2 is 0.971 bits per heavy atom. The van der Waals surface area contributed by atoms with Crippen molar-refractivity contribution >= 4 is 17.7 Å². The predicted molar refractivity (Wildman–Crippen MR) is 107 cm³/mol.